The third-order valence-electron chi connectivity index (χ3n) is 1.76. The maximum atomic E-state index is 10.6. The highest BCUT2D eigenvalue weighted by molar-refractivity contribution is 5.81. The van der Waals surface area contributed by atoms with Crippen LogP contribution in [-0.4, -0.2) is 56.4 Å². The largest absolute Gasteiger partial charge is 0.481 e. The van der Waals surface area contributed by atoms with E-state index in [1.807, 2.05) is 0 Å². The van der Waals surface area contributed by atoms with E-state index in [0.29, 0.717) is 0 Å². The van der Waals surface area contributed by atoms with Gasteiger partial charge in [0.25, 0.3) is 0 Å². The van der Waals surface area contributed by atoms with E-state index >= 15 is 0 Å². The highest BCUT2D eigenvalue weighted by Crippen LogP contribution is 1.95. The third-order valence-corrected chi connectivity index (χ3v) is 1.76. The Balaban J connectivity index is 4.28. The van der Waals surface area contributed by atoms with Crippen LogP contribution in [0.3, 0.4) is 0 Å². The highest BCUT2D eigenvalue weighted by Gasteiger charge is 2.24. The molecule has 0 aromatic heterocycles. The van der Waals surface area contributed by atoms with E-state index in [0.717, 1.165) is 0 Å². The summed E-state index contributed by atoms with van der Waals surface area (Å²) in [5.41, 5.74) is 3.52. The number of hydroxylamine groups is 2. The molecule has 6 N–H and O–H groups in total. The van der Waals surface area contributed by atoms with Gasteiger partial charge in [-0.1, -0.05) is 0 Å². The van der Waals surface area contributed by atoms with Crippen LogP contribution in [0, 0.1) is 0 Å². The van der Waals surface area contributed by atoms with Crippen LogP contribution in [0.5, 0.6) is 0 Å². The molecule has 11 nitrogen and oxygen atoms in total. The molecule has 0 aliphatic carbocycles. The van der Waals surface area contributed by atoms with Gasteiger partial charge < -0.3 is 20.4 Å². The fourth-order valence-corrected chi connectivity index (χ4v) is 0.884. The summed E-state index contributed by atoms with van der Waals surface area (Å²) in [7, 11) is 0. The average molecular weight is 280 g/mol. The molecule has 0 aromatic rings. The van der Waals surface area contributed by atoms with Crippen LogP contribution < -0.4 is 11.0 Å². The summed E-state index contributed by atoms with van der Waals surface area (Å²) in [5, 5.41) is 34.0. The highest BCUT2D eigenvalue weighted by atomic mass is 16.8. The van der Waals surface area contributed by atoms with Crippen LogP contribution in [0.25, 0.3) is 0 Å². The van der Waals surface area contributed by atoms with E-state index in [1.54, 1.807) is 11.0 Å². The Morgan fingerprint density at radius 2 is 1.11 bits per heavy atom. The van der Waals surface area contributed by atoms with Gasteiger partial charge in [0.2, 0.25) is 0 Å². The summed E-state index contributed by atoms with van der Waals surface area (Å²) >= 11 is 0. The van der Waals surface area contributed by atoms with Crippen LogP contribution in [0.1, 0.15) is 12.8 Å². The zero-order chi connectivity index (χ0) is 15.0. The zero-order valence-corrected chi connectivity index (χ0v) is 9.40. The summed E-state index contributed by atoms with van der Waals surface area (Å²) < 4.78 is 0. The summed E-state index contributed by atoms with van der Waals surface area (Å²) in [4.78, 5) is 46.1. The fraction of sp³-hybridized carbons (Fsp3) is 0.500. The Kier molecular flexibility index (Phi) is 7.03. The quantitative estimate of drug-likeness (QED) is 0.240. The van der Waals surface area contributed by atoms with Crippen LogP contribution in [0.4, 0.5) is 0 Å². The molecule has 108 valence electrons. The molecule has 0 amide bonds. The van der Waals surface area contributed by atoms with Crippen molar-refractivity contribution in [2.45, 2.75) is 24.9 Å². The first-order chi connectivity index (χ1) is 8.73. The second-order valence-corrected chi connectivity index (χ2v) is 3.32. The van der Waals surface area contributed by atoms with Gasteiger partial charge in [-0.25, -0.2) is 4.94 Å². The van der Waals surface area contributed by atoms with Crippen LogP contribution >= 0.6 is 0 Å². The average Bonchev–Trinajstić information content (AvgIpc) is 2.24. The predicted octanol–water partition coefficient (Wildman–Crippen LogP) is -2.13. The van der Waals surface area contributed by atoms with E-state index in [2.05, 4.69) is 4.94 Å². The minimum Gasteiger partial charge on any atom is -0.481 e. The van der Waals surface area contributed by atoms with Crippen molar-refractivity contribution in [2.24, 2.45) is 0 Å². The van der Waals surface area contributed by atoms with Gasteiger partial charge in [0.15, 0.2) is 0 Å². The van der Waals surface area contributed by atoms with Crippen molar-refractivity contribution in [1.82, 2.24) is 11.0 Å². The minimum absolute atomic E-state index is 0.812. The van der Waals surface area contributed by atoms with E-state index < -0.39 is 48.8 Å². The minimum atomic E-state index is -1.62. The molecule has 0 spiro atoms. The van der Waals surface area contributed by atoms with E-state index in [1.165, 1.54) is 0 Å². The van der Waals surface area contributed by atoms with E-state index in [4.69, 9.17) is 20.4 Å². The van der Waals surface area contributed by atoms with Crippen molar-refractivity contribution < 1.29 is 44.5 Å². The first-order valence-corrected chi connectivity index (χ1v) is 4.80. The number of aliphatic carboxylic acids is 4. The summed E-state index contributed by atoms with van der Waals surface area (Å²) in [6, 6.07) is -3.24. The number of carbonyl (C=O) groups is 4. The van der Waals surface area contributed by atoms with Crippen LogP contribution in [0.2, 0.25) is 0 Å². The molecule has 19 heavy (non-hydrogen) atoms. The molecule has 2 atom stereocenters. The normalized spacial score (nSPS) is 13.5. The van der Waals surface area contributed by atoms with Gasteiger partial charge >= 0.3 is 23.9 Å². The Morgan fingerprint density at radius 1 is 0.789 bits per heavy atom. The molecule has 0 fully saturated rings. The molecule has 0 radical (unpaired) electrons. The number of hydrogen-bond acceptors (Lipinski definition) is 7. The monoisotopic (exact) mass is 280 g/mol. The Hall–Kier alpha value is -2.24. The molecule has 0 saturated carbocycles. The maximum absolute atomic E-state index is 10.6. The summed E-state index contributed by atoms with van der Waals surface area (Å²) in [6.07, 6.45) is -1.62. The summed E-state index contributed by atoms with van der Waals surface area (Å²) in [6.45, 7) is 0. The first-order valence-electron chi connectivity index (χ1n) is 4.80. The standard InChI is InChI=1S/C8H12N2O9/c11-5(12)1-3(7(15)16)9-19-10-4(8(17)18)2-6(13)14/h3-4,9-10H,1-2H2,(H,11,12)(H,13,14)(H,15,16)(H,17,18)/t3-,4-/m0/s1. The third kappa shape index (κ3) is 7.64. The number of rotatable bonds is 10. The molecule has 11 heteroatoms. The molecule has 0 rings (SSSR count). The van der Waals surface area contributed by atoms with Crippen LogP contribution in [0.15, 0.2) is 0 Å². The van der Waals surface area contributed by atoms with Crippen molar-refractivity contribution in [2.75, 3.05) is 0 Å². The van der Waals surface area contributed by atoms with E-state index in [9.17, 15) is 19.2 Å². The lowest BCUT2D eigenvalue weighted by atomic mass is 10.2. The van der Waals surface area contributed by atoms with Gasteiger partial charge in [0.05, 0.1) is 12.8 Å². The molecular formula is C8H12N2O9. The van der Waals surface area contributed by atoms with Gasteiger partial charge in [0, 0.05) is 0 Å². The van der Waals surface area contributed by atoms with Gasteiger partial charge in [-0.15, -0.1) is 0 Å². The molecule has 0 heterocycles. The molecule has 0 bridgehead atoms. The van der Waals surface area contributed by atoms with Gasteiger partial charge in [-0.05, 0) is 0 Å². The number of hydrogen-bond donors (Lipinski definition) is 6. The first kappa shape index (κ1) is 16.8. The predicted molar refractivity (Wildman–Crippen MR) is 54.7 cm³/mol. The van der Waals surface area contributed by atoms with Crippen LogP contribution in [-0.2, 0) is 24.1 Å². The number of carboxylic acids is 4. The van der Waals surface area contributed by atoms with Crippen molar-refractivity contribution in [3.8, 4) is 0 Å². The van der Waals surface area contributed by atoms with Crippen molar-refractivity contribution in [1.29, 1.82) is 0 Å². The van der Waals surface area contributed by atoms with E-state index in [-0.39, 0.29) is 0 Å². The molecule has 0 aromatic carbocycles. The maximum Gasteiger partial charge on any atom is 0.323 e. The lowest BCUT2D eigenvalue weighted by Crippen LogP contribution is -2.46. The Morgan fingerprint density at radius 3 is 1.32 bits per heavy atom. The molecular weight excluding hydrogens is 268 g/mol. The number of nitrogens with one attached hydrogen (secondary N) is 2. The Bertz CT molecular complexity index is 335. The van der Waals surface area contributed by atoms with Crippen molar-refractivity contribution in [3.05, 3.63) is 0 Å². The van der Waals surface area contributed by atoms with Gasteiger partial charge in [0.1, 0.15) is 12.1 Å². The molecule has 0 saturated heterocycles. The topological polar surface area (TPSA) is 182 Å². The molecule has 0 aliphatic rings. The van der Waals surface area contributed by atoms with Crippen molar-refractivity contribution in [3.63, 3.8) is 0 Å². The second kappa shape index (κ2) is 7.97. The number of carboxylic acid groups (broad SMARTS) is 4. The fourth-order valence-electron chi connectivity index (χ4n) is 0.884. The van der Waals surface area contributed by atoms with Gasteiger partial charge in [-0.2, -0.15) is 11.0 Å². The molecule has 0 aliphatic heterocycles. The van der Waals surface area contributed by atoms with Gasteiger partial charge in [-0.3, -0.25) is 19.2 Å². The lowest BCUT2D eigenvalue weighted by molar-refractivity contribution is -0.162. The smallest absolute Gasteiger partial charge is 0.323 e. The molecule has 0 unspecified atom stereocenters. The van der Waals surface area contributed by atoms with Crippen molar-refractivity contribution >= 4 is 23.9 Å². The Labute approximate surface area is 105 Å². The second-order valence-electron chi connectivity index (χ2n) is 3.32. The lowest BCUT2D eigenvalue weighted by Gasteiger charge is -2.15. The zero-order valence-electron chi connectivity index (χ0n) is 9.40. The SMILES string of the molecule is O=C(O)C[C@H](NON[C@@H](CC(=O)O)C(=O)O)C(=O)O. The summed E-state index contributed by atoms with van der Waals surface area (Å²) in [5.74, 6) is -5.89.